The van der Waals surface area contributed by atoms with Crippen LogP contribution in [0.25, 0.3) is 0 Å². The van der Waals surface area contributed by atoms with Gasteiger partial charge in [0, 0.05) is 24.1 Å². The van der Waals surface area contributed by atoms with Crippen molar-refractivity contribution < 1.29 is 9.53 Å². The van der Waals surface area contributed by atoms with E-state index in [1.54, 1.807) is 18.9 Å². The third kappa shape index (κ3) is 4.25. The van der Waals surface area contributed by atoms with Crippen molar-refractivity contribution in [2.24, 2.45) is 0 Å². The summed E-state index contributed by atoms with van der Waals surface area (Å²) >= 11 is 1.67. The summed E-state index contributed by atoms with van der Waals surface area (Å²) in [5.74, 6) is 1.74. The topological polar surface area (TPSA) is 38.3 Å². The predicted octanol–water partition coefficient (Wildman–Crippen LogP) is 1.92. The molecule has 0 aliphatic rings. The number of hydrogen-bond acceptors (Lipinski definition) is 3. The number of carbonyl (C=O) groups excluding carboxylic acids is 1. The molecular weight excluding hydrogens is 210 g/mol. The number of para-hydroxylation sites is 1. The molecule has 1 N–H and O–H groups in total. The first-order valence-electron chi connectivity index (χ1n) is 4.74. The lowest BCUT2D eigenvalue weighted by Gasteiger charge is -2.07. The Morgan fingerprint density at radius 3 is 2.87 bits per heavy atom. The summed E-state index contributed by atoms with van der Waals surface area (Å²) in [6.45, 7) is 2.20. The van der Waals surface area contributed by atoms with Gasteiger partial charge < -0.3 is 10.1 Å². The molecule has 0 unspecified atom stereocenters. The fraction of sp³-hybridized carbons (Fsp3) is 0.364. The number of amides is 1. The average Bonchev–Trinajstić information content (AvgIpc) is 2.24. The zero-order chi connectivity index (χ0) is 11.1. The van der Waals surface area contributed by atoms with E-state index in [4.69, 9.17) is 4.74 Å². The number of thioether (sulfide) groups is 1. The van der Waals surface area contributed by atoms with Crippen LogP contribution in [0.15, 0.2) is 29.2 Å². The van der Waals surface area contributed by atoms with Crippen LogP contribution >= 0.6 is 11.8 Å². The first-order valence-corrected chi connectivity index (χ1v) is 5.73. The minimum Gasteiger partial charge on any atom is -0.496 e. The molecule has 0 spiro atoms. The summed E-state index contributed by atoms with van der Waals surface area (Å²) in [7, 11) is 1.66. The Balaban J connectivity index is 2.39. The normalized spacial score (nSPS) is 9.73. The molecule has 1 amide bonds. The highest BCUT2D eigenvalue weighted by molar-refractivity contribution is 7.99. The summed E-state index contributed by atoms with van der Waals surface area (Å²) < 4.78 is 5.22. The van der Waals surface area contributed by atoms with E-state index in [0.717, 1.165) is 16.4 Å². The molecule has 0 atom stereocenters. The smallest absolute Gasteiger partial charge is 0.216 e. The molecule has 0 heterocycles. The fourth-order valence-corrected chi connectivity index (χ4v) is 2.02. The molecule has 0 aliphatic heterocycles. The fourth-order valence-electron chi connectivity index (χ4n) is 1.13. The zero-order valence-electron chi connectivity index (χ0n) is 8.95. The quantitative estimate of drug-likeness (QED) is 0.614. The summed E-state index contributed by atoms with van der Waals surface area (Å²) in [6.07, 6.45) is 0. The van der Waals surface area contributed by atoms with Gasteiger partial charge in [0.05, 0.1) is 7.11 Å². The second kappa shape index (κ2) is 6.35. The number of benzene rings is 1. The molecule has 0 saturated carbocycles. The summed E-state index contributed by atoms with van der Waals surface area (Å²) in [5.41, 5.74) is 0. The molecule has 1 rings (SSSR count). The number of ether oxygens (including phenoxy) is 1. The molecule has 3 nitrogen and oxygen atoms in total. The summed E-state index contributed by atoms with van der Waals surface area (Å²) in [4.78, 5) is 11.7. The van der Waals surface area contributed by atoms with Crippen LogP contribution in [0, 0.1) is 0 Å². The van der Waals surface area contributed by atoms with Crippen molar-refractivity contribution in [3.8, 4) is 5.75 Å². The van der Waals surface area contributed by atoms with Gasteiger partial charge in [-0.1, -0.05) is 12.1 Å². The lowest BCUT2D eigenvalue weighted by Crippen LogP contribution is -2.22. The van der Waals surface area contributed by atoms with Crippen molar-refractivity contribution in [3.63, 3.8) is 0 Å². The first-order chi connectivity index (χ1) is 7.24. The molecule has 0 aliphatic carbocycles. The highest BCUT2D eigenvalue weighted by Crippen LogP contribution is 2.27. The van der Waals surface area contributed by atoms with E-state index < -0.39 is 0 Å². The lowest BCUT2D eigenvalue weighted by atomic mass is 10.3. The van der Waals surface area contributed by atoms with E-state index >= 15 is 0 Å². The number of methoxy groups -OCH3 is 1. The van der Waals surface area contributed by atoms with E-state index in [2.05, 4.69) is 5.32 Å². The Bertz CT molecular complexity index is 328. The number of hydrogen-bond donors (Lipinski definition) is 1. The van der Waals surface area contributed by atoms with Gasteiger partial charge in [-0.05, 0) is 12.1 Å². The van der Waals surface area contributed by atoms with Gasteiger partial charge in [0.15, 0.2) is 0 Å². The highest BCUT2D eigenvalue weighted by Gasteiger charge is 2.01. The van der Waals surface area contributed by atoms with Crippen LogP contribution < -0.4 is 10.1 Å². The molecule has 0 bridgehead atoms. The molecule has 0 fully saturated rings. The third-order valence-electron chi connectivity index (χ3n) is 1.80. The van der Waals surface area contributed by atoms with Gasteiger partial charge >= 0.3 is 0 Å². The minimum atomic E-state index is 0.00984. The Morgan fingerprint density at radius 2 is 2.20 bits per heavy atom. The van der Waals surface area contributed by atoms with Crippen molar-refractivity contribution in [1.82, 2.24) is 5.32 Å². The van der Waals surface area contributed by atoms with Gasteiger partial charge in [-0.25, -0.2) is 0 Å². The van der Waals surface area contributed by atoms with Crippen LogP contribution in [0.5, 0.6) is 5.75 Å². The molecule has 1 aromatic rings. The maximum absolute atomic E-state index is 10.6. The third-order valence-corrected chi connectivity index (χ3v) is 2.86. The van der Waals surface area contributed by atoms with E-state index in [-0.39, 0.29) is 5.91 Å². The molecule has 0 radical (unpaired) electrons. The summed E-state index contributed by atoms with van der Waals surface area (Å²) in [5, 5.41) is 2.75. The van der Waals surface area contributed by atoms with Crippen molar-refractivity contribution in [3.05, 3.63) is 24.3 Å². The second-order valence-electron chi connectivity index (χ2n) is 2.98. The van der Waals surface area contributed by atoms with Crippen molar-refractivity contribution in [2.45, 2.75) is 11.8 Å². The maximum atomic E-state index is 10.6. The van der Waals surface area contributed by atoms with Gasteiger partial charge in [0.2, 0.25) is 5.91 Å². The van der Waals surface area contributed by atoms with Crippen LogP contribution in [0.2, 0.25) is 0 Å². The van der Waals surface area contributed by atoms with Gasteiger partial charge in [-0.3, -0.25) is 4.79 Å². The van der Waals surface area contributed by atoms with Crippen molar-refractivity contribution in [1.29, 1.82) is 0 Å². The SMILES string of the molecule is COc1ccccc1SCCNC(C)=O. The van der Waals surface area contributed by atoms with Crippen LogP contribution in [0.3, 0.4) is 0 Å². The number of rotatable bonds is 5. The second-order valence-corrected chi connectivity index (χ2v) is 4.12. The largest absolute Gasteiger partial charge is 0.496 e. The Hall–Kier alpha value is -1.16. The molecule has 1 aromatic carbocycles. The number of nitrogens with one attached hydrogen (secondary N) is 1. The minimum absolute atomic E-state index is 0.00984. The van der Waals surface area contributed by atoms with Crippen molar-refractivity contribution in [2.75, 3.05) is 19.4 Å². The van der Waals surface area contributed by atoms with Crippen LogP contribution in [-0.4, -0.2) is 25.3 Å². The maximum Gasteiger partial charge on any atom is 0.216 e. The van der Waals surface area contributed by atoms with E-state index in [9.17, 15) is 4.79 Å². The van der Waals surface area contributed by atoms with Gasteiger partial charge in [0.25, 0.3) is 0 Å². The number of carbonyl (C=O) groups is 1. The summed E-state index contributed by atoms with van der Waals surface area (Å²) in [6, 6.07) is 7.86. The monoisotopic (exact) mass is 225 g/mol. The Morgan fingerprint density at radius 1 is 1.47 bits per heavy atom. The van der Waals surface area contributed by atoms with E-state index in [1.807, 2.05) is 24.3 Å². The highest BCUT2D eigenvalue weighted by atomic mass is 32.2. The Kier molecular flexibility index (Phi) is 5.04. The molecule has 0 saturated heterocycles. The van der Waals surface area contributed by atoms with Crippen molar-refractivity contribution >= 4 is 17.7 Å². The molecule has 4 heteroatoms. The van der Waals surface area contributed by atoms with Crippen LogP contribution in [0.4, 0.5) is 0 Å². The Labute approximate surface area is 94.2 Å². The van der Waals surface area contributed by atoms with Crippen LogP contribution in [0.1, 0.15) is 6.92 Å². The zero-order valence-corrected chi connectivity index (χ0v) is 9.76. The average molecular weight is 225 g/mol. The van der Waals surface area contributed by atoms with Gasteiger partial charge in [-0.15, -0.1) is 11.8 Å². The standard InChI is InChI=1S/C11H15NO2S/c1-9(13)12-7-8-15-11-6-4-3-5-10(11)14-2/h3-6H,7-8H2,1-2H3,(H,12,13). The van der Waals surface area contributed by atoms with Gasteiger partial charge in [-0.2, -0.15) is 0 Å². The first kappa shape index (κ1) is 11.9. The van der Waals surface area contributed by atoms with E-state index in [1.165, 1.54) is 6.92 Å². The molecular formula is C11H15NO2S. The molecule has 82 valence electrons. The van der Waals surface area contributed by atoms with Gasteiger partial charge in [0.1, 0.15) is 5.75 Å². The predicted molar refractivity (Wildman–Crippen MR) is 62.4 cm³/mol. The lowest BCUT2D eigenvalue weighted by molar-refractivity contribution is -0.118. The van der Waals surface area contributed by atoms with E-state index in [0.29, 0.717) is 6.54 Å². The molecule has 15 heavy (non-hydrogen) atoms. The van der Waals surface area contributed by atoms with Crippen LogP contribution in [-0.2, 0) is 4.79 Å². The molecule has 0 aromatic heterocycles.